The van der Waals surface area contributed by atoms with Crippen molar-refractivity contribution in [1.29, 1.82) is 0 Å². The highest BCUT2D eigenvalue weighted by Gasteiger charge is 2.34. The second-order valence-electron chi connectivity index (χ2n) is 4.60. The van der Waals surface area contributed by atoms with Crippen LogP contribution in [0.25, 0.3) is 0 Å². The first-order valence-corrected chi connectivity index (χ1v) is 5.53. The van der Waals surface area contributed by atoms with Gasteiger partial charge in [0.1, 0.15) is 0 Å². The van der Waals surface area contributed by atoms with Crippen molar-refractivity contribution in [3.63, 3.8) is 0 Å². The van der Waals surface area contributed by atoms with E-state index in [-0.39, 0.29) is 5.91 Å². The summed E-state index contributed by atoms with van der Waals surface area (Å²) in [6, 6.07) is 0.422. The van der Waals surface area contributed by atoms with Gasteiger partial charge in [-0.25, -0.2) is 0 Å². The molecular weight excluding hydrogens is 176 g/mol. The van der Waals surface area contributed by atoms with E-state index in [0.717, 1.165) is 25.8 Å². The number of nitrogens with two attached hydrogens (primary N) is 1. The molecular formula is C11H22N2O. The van der Waals surface area contributed by atoms with Crippen LogP contribution in [-0.2, 0) is 4.79 Å². The van der Waals surface area contributed by atoms with Crippen LogP contribution >= 0.6 is 0 Å². The predicted octanol–water partition coefficient (Wildman–Crippen LogP) is 1.23. The molecule has 1 aliphatic rings. The van der Waals surface area contributed by atoms with Crippen LogP contribution in [0.1, 0.15) is 33.1 Å². The number of amides is 1. The van der Waals surface area contributed by atoms with Crippen LogP contribution in [0.15, 0.2) is 0 Å². The summed E-state index contributed by atoms with van der Waals surface area (Å²) in [5.41, 5.74) is 5.61. The zero-order valence-corrected chi connectivity index (χ0v) is 9.49. The number of carbonyl (C=O) groups is 1. The molecule has 2 unspecified atom stereocenters. The Bertz CT molecular complexity index is 203. The lowest BCUT2D eigenvalue weighted by molar-refractivity contribution is -0.128. The van der Waals surface area contributed by atoms with E-state index in [4.69, 9.17) is 5.73 Å². The third kappa shape index (κ3) is 2.27. The van der Waals surface area contributed by atoms with Gasteiger partial charge < -0.3 is 10.6 Å². The zero-order valence-electron chi connectivity index (χ0n) is 9.49. The van der Waals surface area contributed by atoms with Crippen molar-refractivity contribution in [2.45, 2.75) is 39.2 Å². The molecule has 2 N–H and O–H groups in total. The molecule has 3 nitrogen and oxygen atoms in total. The van der Waals surface area contributed by atoms with Crippen molar-refractivity contribution in [2.24, 2.45) is 17.6 Å². The SMILES string of the molecule is CC(C)C(CCN)C1CCC(=O)N1C. The Kier molecular flexibility index (Phi) is 3.93. The normalized spacial score (nSPS) is 24.8. The monoisotopic (exact) mass is 198 g/mol. The molecule has 0 spiro atoms. The quantitative estimate of drug-likeness (QED) is 0.738. The summed E-state index contributed by atoms with van der Waals surface area (Å²) in [5, 5.41) is 0. The Morgan fingerprint density at radius 2 is 2.21 bits per heavy atom. The molecule has 1 amide bonds. The maximum absolute atomic E-state index is 11.4. The van der Waals surface area contributed by atoms with E-state index in [0.29, 0.717) is 17.9 Å². The fraction of sp³-hybridized carbons (Fsp3) is 0.909. The topological polar surface area (TPSA) is 46.3 Å². The third-order valence-electron chi connectivity index (χ3n) is 3.40. The largest absolute Gasteiger partial charge is 0.342 e. The summed E-state index contributed by atoms with van der Waals surface area (Å²) < 4.78 is 0. The molecule has 1 rings (SSSR count). The minimum Gasteiger partial charge on any atom is -0.342 e. The molecule has 0 bridgehead atoms. The summed E-state index contributed by atoms with van der Waals surface area (Å²) in [6.07, 6.45) is 2.76. The molecule has 0 saturated carbocycles. The molecule has 14 heavy (non-hydrogen) atoms. The van der Waals surface area contributed by atoms with E-state index in [1.807, 2.05) is 11.9 Å². The van der Waals surface area contributed by atoms with Crippen molar-refractivity contribution >= 4 is 5.91 Å². The average molecular weight is 198 g/mol. The van der Waals surface area contributed by atoms with Crippen molar-refractivity contribution in [1.82, 2.24) is 4.90 Å². The van der Waals surface area contributed by atoms with Gasteiger partial charge in [0.2, 0.25) is 5.91 Å². The molecule has 82 valence electrons. The first kappa shape index (κ1) is 11.5. The molecule has 0 aromatic heterocycles. The fourth-order valence-corrected chi connectivity index (χ4v) is 2.49. The summed E-state index contributed by atoms with van der Waals surface area (Å²) >= 11 is 0. The van der Waals surface area contributed by atoms with Crippen LogP contribution in [0.2, 0.25) is 0 Å². The van der Waals surface area contributed by atoms with Crippen molar-refractivity contribution in [3.8, 4) is 0 Å². The number of rotatable bonds is 4. The first-order chi connectivity index (χ1) is 6.57. The lowest BCUT2D eigenvalue weighted by atomic mass is 9.84. The van der Waals surface area contributed by atoms with E-state index in [1.54, 1.807) is 0 Å². The number of nitrogens with zero attached hydrogens (tertiary/aromatic N) is 1. The fourth-order valence-electron chi connectivity index (χ4n) is 2.49. The molecule has 0 aromatic carbocycles. The summed E-state index contributed by atoms with van der Waals surface area (Å²) in [5.74, 6) is 1.46. The summed E-state index contributed by atoms with van der Waals surface area (Å²) in [4.78, 5) is 13.3. The molecule has 1 fully saturated rings. The van der Waals surface area contributed by atoms with Gasteiger partial charge in [-0.3, -0.25) is 4.79 Å². The Morgan fingerprint density at radius 3 is 2.57 bits per heavy atom. The number of carbonyl (C=O) groups excluding carboxylic acids is 1. The molecule has 2 atom stereocenters. The van der Waals surface area contributed by atoms with Gasteiger partial charge in [0.15, 0.2) is 0 Å². The van der Waals surface area contributed by atoms with Gasteiger partial charge in [-0.05, 0) is 31.2 Å². The Hall–Kier alpha value is -0.570. The number of likely N-dealkylation sites (tertiary alicyclic amines) is 1. The second-order valence-corrected chi connectivity index (χ2v) is 4.60. The molecule has 1 saturated heterocycles. The van der Waals surface area contributed by atoms with Crippen molar-refractivity contribution < 1.29 is 4.79 Å². The van der Waals surface area contributed by atoms with E-state index < -0.39 is 0 Å². The highest BCUT2D eigenvalue weighted by Crippen LogP contribution is 2.30. The van der Waals surface area contributed by atoms with Crippen molar-refractivity contribution in [3.05, 3.63) is 0 Å². The van der Waals surface area contributed by atoms with Crippen LogP contribution in [0.5, 0.6) is 0 Å². The van der Waals surface area contributed by atoms with E-state index in [2.05, 4.69) is 13.8 Å². The highest BCUT2D eigenvalue weighted by molar-refractivity contribution is 5.78. The van der Waals surface area contributed by atoms with Crippen LogP contribution in [-0.4, -0.2) is 30.4 Å². The smallest absolute Gasteiger partial charge is 0.222 e. The molecule has 3 heteroatoms. The Balaban J connectivity index is 2.64. The van der Waals surface area contributed by atoms with E-state index in [9.17, 15) is 4.79 Å². The van der Waals surface area contributed by atoms with Crippen LogP contribution in [0, 0.1) is 11.8 Å². The third-order valence-corrected chi connectivity index (χ3v) is 3.40. The molecule has 0 radical (unpaired) electrons. The maximum Gasteiger partial charge on any atom is 0.222 e. The molecule has 1 aliphatic heterocycles. The van der Waals surface area contributed by atoms with Gasteiger partial charge >= 0.3 is 0 Å². The minimum absolute atomic E-state index is 0.290. The van der Waals surface area contributed by atoms with Gasteiger partial charge in [-0.2, -0.15) is 0 Å². The summed E-state index contributed by atoms with van der Waals surface area (Å²) in [7, 11) is 1.92. The van der Waals surface area contributed by atoms with E-state index >= 15 is 0 Å². The van der Waals surface area contributed by atoms with Gasteiger partial charge in [0.05, 0.1) is 0 Å². The molecule has 0 aliphatic carbocycles. The number of hydrogen-bond acceptors (Lipinski definition) is 2. The summed E-state index contributed by atoms with van der Waals surface area (Å²) in [6.45, 7) is 5.16. The van der Waals surface area contributed by atoms with Gasteiger partial charge in [0, 0.05) is 19.5 Å². The zero-order chi connectivity index (χ0) is 10.7. The minimum atomic E-state index is 0.290. The highest BCUT2D eigenvalue weighted by atomic mass is 16.2. The van der Waals surface area contributed by atoms with Crippen LogP contribution < -0.4 is 5.73 Å². The molecule has 0 aromatic rings. The van der Waals surface area contributed by atoms with Crippen LogP contribution in [0.4, 0.5) is 0 Å². The first-order valence-electron chi connectivity index (χ1n) is 5.53. The lowest BCUT2D eigenvalue weighted by Crippen LogP contribution is -2.38. The maximum atomic E-state index is 11.4. The Labute approximate surface area is 86.6 Å². The van der Waals surface area contributed by atoms with Gasteiger partial charge in [0.25, 0.3) is 0 Å². The van der Waals surface area contributed by atoms with Gasteiger partial charge in [-0.15, -0.1) is 0 Å². The van der Waals surface area contributed by atoms with Crippen molar-refractivity contribution in [2.75, 3.05) is 13.6 Å². The lowest BCUT2D eigenvalue weighted by Gasteiger charge is -2.31. The second kappa shape index (κ2) is 4.78. The average Bonchev–Trinajstić information content (AvgIpc) is 2.44. The van der Waals surface area contributed by atoms with Gasteiger partial charge in [-0.1, -0.05) is 13.8 Å². The predicted molar refractivity (Wildman–Crippen MR) is 57.8 cm³/mol. The van der Waals surface area contributed by atoms with E-state index in [1.165, 1.54) is 0 Å². The molecule has 1 heterocycles. The number of hydrogen-bond donors (Lipinski definition) is 1. The standard InChI is InChI=1S/C11H22N2O/c1-8(2)9(6-7-12)10-4-5-11(14)13(10)3/h8-10H,4-7,12H2,1-3H3. The Morgan fingerprint density at radius 1 is 1.57 bits per heavy atom. The van der Waals surface area contributed by atoms with Crippen LogP contribution in [0.3, 0.4) is 0 Å².